The van der Waals surface area contributed by atoms with E-state index >= 15 is 0 Å². The van der Waals surface area contributed by atoms with Crippen molar-refractivity contribution >= 4 is 17.3 Å². The summed E-state index contributed by atoms with van der Waals surface area (Å²) in [6, 6.07) is 4.36. The maximum Gasteiger partial charge on any atom is 0.177 e. The highest BCUT2D eigenvalue weighted by Crippen LogP contribution is 2.25. The van der Waals surface area contributed by atoms with E-state index in [-0.39, 0.29) is 5.82 Å². The summed E-state index contributed by atoms with van der Waals surface area (Å²) in [5.41, 5.74) is 6.49. The quantitative estimate of drug-likeness (QED) is 0.769. The van der Waals surface area contributed by atoms with Gasteiger partial charge in [-0.2, -0.15) is 9.78 Å². The molecule has 1 aliphatic carbocycles. The van der Waals surface area contributed by atoms with Gasteiger partial charge in [-0.05, 0) is 18.9 Å². The van der Waals surface area contributed by atoms with Gasteiger partial charge in [-0.25, -0.2) is 4.98 Å². The lowest BCUT2D eigenvalue weighted by molar-refractivity contribution is 0.929. The molecule has 6 nitrogen and oxygen atoms in total. The number of nitrogens with two attached hydrogens (primary N) is 1. The van der Waals surface area contributed by atoms with Crippen molar-refractivity contribution < 1.29 is 0 Å². The molecule has 0 amide bonds. The van der Waals surface area contributed by atoms with E-state index in [4.69, 9.17) is 11.0 Å². The Labute approximate surface area is 91.7 Å². The van der Waals surface area contributed by atoms with Gasteiger partial charge in [-0.15, -0.1) is 5.10 Å². The van der Waals surface area contributed by atoms with E-state index in [1.54, 1.807) is 10.7 Å². The zero-order chi connectivity index (χ0) is 11.1. The Morgan fingerprint density at radius 1 is 1.56 bits per heavy atom. The highest BCUT2D eigenvalue weighted by molar-refractivity contribution is 5.67. The molecule has 0 saturated heterocycles. The number of hydrogen-bond acceptors (Lipinski definition) is 5. The van der Waals surface area contributed by atoms with E-state index < -0.39 is 0 Å². The van der Waals surface area contributed by atoms with Gasteiger partial charge in [0.1, 0.15) is 17.5 Å². The summed E-state index contributed by atoms with van der Waals surface area (Å²) in [5, 5.41) is 16.4. The maximum absolute atomic E-state index is 8.95. The fraction of sp³-hybridized carbons (Fsp3) is 0.300. The number of nitriles is 1. The lowest BCUT2D eigenvalue weighted by atomic mass is 10.3. The van der Waals surface area contributed by atoms with E-state index in [1.165, 1.54) is 12.8 Å². The first kappa shape index (κ1) is 8.97. The summed E-state index contributed by atoms with van der Waals surface area (Å²) in [5.74, 6) is 1.06. The molecule has 2 aromatic heterocycles. The van der Waals surface area contributed by atoms with Crippen LogP contribution >= 0.6 is 0 Å². The third-order valence-electron chi connectivity index (χ3n) is 2.59. The molecule has 2 aromatic rings. The second kappa shape index (κ2) is 3.10. The summed E-state index contributed by atoms with van der Waals surface area (Å²) in [6.45, 7) is 0. The van der Waals surface area contributed by atoms with Crippen molar-refractivity contribution in [2.75, 3.05) is 11.1 Å². The molecule has 16 heavy (non-hydrogen) atoms. The molecular weight excluding hydrogens is 204 g/mol. The van der Waals surface area contributed by atoms with Crippen LogP contribution in [0.3, 0.4) is 0 Å². The summed E-state index contributed by atoms with van der Waals surface area (Å²) < 4.78 is 1.59. The highest BCUT2D eigenvalue weighted by Gasteiger charge is 2.22. The van der Waals surface area contributed by atoms with Gasteiger partial charge < -0.3 is 11.1 Å². The van der Waals surface area contributed by atoms with E-state index in [1.807, 2.05) is 12.1 Å². The number of nitrogens with one attached hydrogen (secondary N) is 1. The summed E-state index contributed by atoms with van der Waals surface area (Å²) in [4.78, 5) is 4.12. The van der Waals surface area contributed by atoms with E-state index in [0.29, 0.717) is 17.3 Å². The molecule has 0 aromatic carbocycles. The molecule has 1 aliphatic rings. The molecule has 0 spiro atoms. The number of anilines is 2. The third-order valence-corrected chi connectivity index (χ3v) is 2.59. The average Bonchev–Trinajstić information content (AvgIpc) is 3.01. The number of fused-ring (bicyclic) bond motifs is 1. The molecule has 0 aliphatic heterocycles. The molecule has 80 valence electrons. The van der Waals surface area contributed by atoms with Crippen LogP contribution in [0, 0.1) is 11.3 Å². The van der Waals surface area contributed by atoms with Gasteiger partial charge >= 0.3 is 0 Å². The predicted molar refractivity (Wildman–Crippen MR) is 58.8 cm³/mol. The van der Waals surface area contributed by atoms with Gasteiger partial charge in [-0.3, -0.25) is 0 Å². The lowest BCUT2D eigenvalue weighted by Crippen LogP contribution is -2.07. The van der Waals surface area contributed by atoms with Crippen LogP contribution in [-0.2, 0) is 0 Å². The third kappa shape index (κ3) is 1.26. The van der Waals surface area contributed by atoms with E-state index in [0.717, 1.165) is 5.82 Å². The first-order valence-electron chi connectivity index (χ1n) is 5.09. The number of rotatable bonds is 2. The molecule has 3 rings (SSSR count). The maximum atomic E-state index is 8.95. The number of aromatic nitrogens is 3. The minimum atomic E-state index is 0.222. The zero-order valence-electron chi connectivity index (χ0n) is 8.51. The summed E-state index contributed by atoms with van der Waals surface area (Å²) >= 11 is 0. The van der Waals surface area contributed by atoms with Crippen LogP contribution in [0.1, 0.15) is 18.4 Å². The van der Waals surface area contributed by atoms with Crippen LogP contribution in [0.15, 0.2) is 12.3 Å². The number of nitrogens with zero attached hydrogens (tertiary/aromatic N) is 4. The Morgan fingerprint density at radius 2 is 2.38 bits per heavy atom. The lowest BCUT2D eigenvalue weighted by Gasteiger charge is -2.05. The first-order chi connectivity index (χ1) is 7.79. The van der Waals surface area contributed by atoms with E-state index in [2.05, 4.69) is 15.4 Å². The number of hydrogen-bond donors (Lipinski definition) is 2. The molecular formula is C10H10N6. The van der Waals surface area contributed by atoms with Crippen molar-refractivity contribution in [3.8, 4) is 6.07 Å². The highest BCUT2D eigenvalue weighted by atomic mass is 15.3. The minimum Gasteiger partial charge on any atom is -0.381 e. The molecule has 1 fully saturated rings. The average molecular weight is 214 g/mol. The smallest absolute Gasteiger partial charge is 0.177 e. The molecule has 0 atom stereocenters. The van der Waals surface area contributed by atoms with Crippen molar-refractivity contribution in [2.45, 2.75) is 18.9 Å². The Hall–Kier alpha value is -2.29. The monoisotopic (exact) mass is 214 g/mol. The van der Waals surface area contributed by atoms with E-state index in [9.17, 15) is 0 Å². The van der Waals surface area contributed by atoms with Gasteiger partial charge in [0.05, 0.1) is 0 Å². The first-order valence-corrected chi connectivity index (χ1v) is 5.09. The van der Waals surface area contributed by atoms with Crippen molar-refractivity contribution in [1.29, 1.82) is 5.26 Å². The molecule has 0 bridgehead atoms. The molecule has 0 unspecified atom stereocenters. The van der Waals surface area contributed by atoms with Crippen LogP contribution in [0.2, 0.25) is 0 Å². The van der Waals surface area contributed by atoms with Crippen LogP contribution in [-0.4, -0.2) is 20.6 Å². The summed E-state index contributed by atoms with van der Waals surface area (Å²) in [6.07, 6.45) is 4.00. The van der Waals surface area contributed by atoms with Gasteiger partial charge in [0.25, 0.3) is 0 Å². The van der Waals surface area contributed by atoms with Gasteiger partial charge in [0, 0.05) is 12.2 Å². The SMILES string of the molecule is N#Cc1c(N)nn2c(NC3CC3)ccnc12. The van der Waals surface area contributed by atoms with Gasteiger partial charge in [0.2, 0.25) is 0 Å². The van der Waals surface area contributed by atoms with Crippen LogP contribution < -0.4 is 11.1 Å². The summed E-state index contributed by atoms with van der Waals surface area (Å²) in [7, 11) is 0. The Balaban J connectivity index is 2.19. The van der Waals surface area contributed by atoms with Crippen LogP contribution in [0.4, 0.5) is 11.6 Å². The molecule has 0 radical (unpaired) electrons. The fourth-order valence-corrected chi connectivity index (χ4v) is 1.62. The Morgan fingerprint density at radius 3 is 3.06 bits per heavy atom. The minimum absolute atomic E-state index is 0.222. The van der Waals surface area contributed by atoms with Crippen LogP contribution in [0.25, 0.3) is 5.65 Å². The predicted octanol–water partition coefficient (Wildman–Crippen LogP) is 0.757. The largest absolute Gasteiger partial charge is 0.381 e. The van der Waals surface area contributed by atoms with Crippen molar-refractivity contribution in [3.05, 3.63) is 17.8 Å². The second-order valence-corrected chi connectivity index (χ2v) is 3.86. The zero-order valence-corrected chi connectivity index (χ0v) is 8.51. The molecule has 1 saturated carbocycles. The normalized spacial score (nSPS) is 14.9. The molecule has 6 heteroatoms. The molecule has 2 heterocycles. The number of nitrogen functional groups attached to an aromatic ring is 1. The topological polar surface area (TPSA) is 92.0 Å². The van der Waals surface area contributed by atoms with Crippen molar-refractivity contribution in [3.63, 3.8) is 0 Å². The fourth-order valence-electron chi connectivity index (χ4n) is 1.62. The molecule has 3 N–H and O–H groups in total. The standard InChI is InChI=1S/C10H10N6/c11-5-7-9(12)15-16-8(14-6-1-2-6)3-4-13-10(7)16/h3-4,6,14H,1-2H2,(H2,12,15). The van der Waals surface area contributed by atoms with Gasteiger partial charge in [-0.1, -0.05) is 0 Å². The van der Waals surface area contributed by atoms with Gasteiger partial charge in [0.15, 0.2) is 11.5 Å². The van der Waals surface area contributed by atoms with Crippen LogP contribution in [0.5, 0.6) is 0 Å². The Bertz CT molecular complexity index is 589. The second-order valence-electron chi connectivity index (χ2n) is 3.86. The van der Waals surface area contributed by atoms with Crippen molar-refractivity contribution in [1.82, 2.24) is 14.6 Å². The Kier molecular flexibility index (Phi) is 1.74. The van der Waals surface area contributed by atoms with Crippen molar-refractivity contribution in [2.24, 2.45) is 0 Å².